The van der Waals surface area contributed by atoms with E-state index in [4.69, 9.17) is 6.42 Å². The molecule has 0 N–H and O–H groups in total. The van der Waals surface area contributed by atoms with Crippen molar-refractivity contribution in [3.63, 3.8) is 0 Å². The third-order valence-electron chi connectivity index (χ3n) is 1.36. The number of thiazole rings is 1. The zero-order valence-corrected chi connectivity index (χ0v) is 12.5. The van der Waals surface area contributed by atoms with Crippen LogP contribution < -0.4 is 0 Å². The molecule has 3 heteroatoms. The van der Waals surface area contributed by atoms with Crippen molar-refractivity contribution in [2.75, 3.05) is 0 Å². The van der Waals surface area contributed by atoms with E-state index in [1.54, 1.807) is 0 Å². The quantitative estimate of drug-likeness (QED) is 0.536. The molecule has 0 aliphatic carbocycles. The van der Waals surface area contributed by atoms with E-state index in [9.17, 15) is 0 Å². The molecule has 0 fully saturated rings. The third-order valence-corrected chi connectivity index (χ3v) is 2.31. The van der Waals surface area contributed by atoms with Crippen LogP contribution >= 0.6 is 11.3 Å². The fraction of sp³-hybridized carbons (Fsp3) is 0.167. The van der Waals surface area contributed by atoms with Gasteiger partial charge in [-0.1, -0.05) is 4.70 Å². The average molecular weight is 290 g/mol. The van der Waals surface area contributed by atoms with Gasteiger partial charge in [-0.25, -0.2) is 0 Å². The topological polar surface area (TPSA) is 12.9 Å². The normalized spacial score (nSPS) is 8.33. The second-order valence-corrected chi connectivity index (χ2v) is 3.67. The van der Waals surface area contributed by atoms with E-state index in [0.29, 0.717) is 0 Å². The molecule has 0 spiro atoms. The third kappa shape index (κ3) is 4.42. The minimum absolute atomic E-state index is 0. The Morgan fingerprint density at radius 3 is 2.73 bits per heavy atom. The van der Waals surface area contributed by atoms with Crippen molar-refractivity contribution in [1.29, 1.82) is 0 Å². The average Bonchev–Trinajstić information content (AvgIpc) is 2.61. The molecule has 1 nitrogen and oxygen atoms in total. The van der Waals surface area contributed by atoms with Gasteiger partial charge < -0.3 is 6.42 Å². The van der Waals surface area contributed by atoms with Gasteiger partial charge in [0.05, 0.1) is 0 Å². The van der Waals surface area contributed by atoms with Crippen LogP contribution in [0.3, 0.4) is 0 Å². The summed E-state index contributed by atoms with van der Waals surface area (Å²) in [7, 11) is 0. The molecule has 0 aliphatic heterocycles. The molecule has 0 unspecified atom stereocenters. The maximum atomic E-state index is 5.20. The molecule has 0 aliphatic rings. The van der Waals surface area contributed by atoms with Gasteiger partial charge in [-0.3, -0.25) is 4.98 Å². The van der Waals surface area contributed by atoms with E-state index in [1.165, 1.54) is 11.3 Å². The second-order valence-electron chi connectivity index (χ2n) is 2.63. The Morgan fingerprint density at radius 2 is 2.20 bits per heavy atom. The molecule has 0 saturated heterocycles. The SMILES string of the molecule is C#Cc1nc2cc[c-]cc2s1.C[CH-]C.[Y]. The molecule has 0 bridgehead atoms. The maximum Gasteiger partial charge on any atom is 0.153 e. The minimum Gasteiger partial charge on any atom is -0.335 e. The molecule has 75 valence electrons. The van der Waals surface area contributed by atoms with Gasteiger partial charge >= 0.3 is 0 Å². The van der Waals surface area contributed by atoms with Gasteiger partial charge in [0.2, 0.25) is 0 Å². The van der Waals surface area contributed by atoms with E-state index < -0.39 is 0 Å². The zero-order chi connectivity index (χ0) is 10.4. The van der Waals surface area contributed by atoms with Gasteiger partial charge in [0.25, 0.3) is 0 Å². The van der Waals surface area contributed by atoms with Crippen LogP contribution in [-0.4, -0.2) is 4.98 Å². The van der Waals surface area contributed by atoms with Crippen LogP contribution in [0.25, 0.3) is 10.2 Å². The van der Waals surface area contributed by atoms with E-state index in [1.807, 2.05) is 38.5 Å². The van der Waals surface area contributed by atoms with Gasteiger partial charge in [-0.05, 0) is 11.4 Å². The van der Waals surface area contributed by atoms with Crippen LogP contribution in [0, 0.1) is 24.8 Å². The van der Waals surface area contributed by atoms with Gasteiger partial charge in [-0.2, -0.15) is 43.4 Å². The first kappa shape index (κ1) is 14.8. The number of rotatable bonds is 0. The summed E-state index contributed by atoms with van der Waals surface area (Å²) < 4.78 is 1.10. The van der Waals surface area contributed by atoms with E-state index in [0.717, 1.165) is 15.2 Å². The summed E-state index contributed by atoms with van der Waals surface area (Å²) in [5.74, 6) is 2.51. The number of benzene rings is 1. The van der Waals surface area contributed by atoms with Gasteiger partial charge in [0, 0.05) is 32.7 Å². The molecule has 1 aromatic carbocycles. The van der Waals surface area contributed by atoms with Crippen LogP contribution in [0.4, 0.5) is 0 Å². The van der Waals surface area contributed by atoms with Crippen molar-refractivity contribution in [2.45, 2.75) is 13.8 Å². The molecule has 0 amide bonds. The summed E-state index contributed by atoms with van der Waals surface area (Å²) >= 11 is 1.52. The Morgan fingerprint density at radius 1 is 1.53 bits per heavy atom. The predicted molar refractivity (Wildman–Crippen MR) is 62.0 cm³/mol. The molecular formula is C12H11NSY-2. The number of fused-ring (bicyclic) bond motifs is 1. The summed E-state index contributed by atoms with van der Waals surface area (Å²) in [5.41, 5.74) is 0.960. The van der Waals surface area contributed by atoms with Crippen molar-refractivity contribution in [3.8, 4) is 12.3 Å². The smallest absolute Gasteiger partial charge is 0.153 e. The molecular weight excluding hydrogens is 279 g/mol. The first-order valence-corrected chi connectivity index (χ1v) is 5.10. The predicted octanol–water partition coefficient (Wildman–Crippen LogP) is 3.31. The maximum absolute atomic E-state index is 5.20. The summed E-state index contributed by atoms with van der Waals surface area (Å²) in [6.07, 6.45) is 7.20. The van der Waals surface area contributed by atoms with Crippen LogP contribution in [0.15, 0.2) is 18.2 Å². The number of hydrogen-bond acceptors (Lipinski definition) is 2. The number of aromatic nitrogens is 1. The molecule has 1 aromatic heterocycles. The van der Waals surface area contributed by atoms with Crippen LogP contribution in [-0.2, 0) is 32.7 Å². The van der Waals surface area contributed by atoms with Crippen molar-refractivity contribution in [1.82, 2.24) is 4.98 Å². The van der Waals surface area contributed by atoms with Crippen LogP contribution in [0.2, 0.25) is 0 Å². The minimum atomic E-state index is 0. The molecule has 1 radical (unpaired) electrons. The van der Waals surface area contributed by atoms with Crippen molar-refractivity contribution < 1.29 is 32.7 Å². The van der Waals surface area contributed by atoms with Crippen molar-refractivity contribution in [2.24, 2.45) is 0 Å². The first-order chi connectivity index (χ1) is 6.81. The zero-order valence-electron chi connectivity index (χ0n) is 8.82. The second kappa shape index (κ2) is 7.99. The number of hydrogen-bond donors (Lipinski definition) is 0. The Kier molecular flexibility index (Phi) is 7.87. The monoisotopic (exact) mass is 290 g/mol. The van der Waals surface area contributed by atoms with Crippen LogP contribution in [0.1, 0.15) is 18.9 Å². The van der Waals surface area contributed by atoms with E-state index in [-0.39, 0.29) is 32.7 Å². The fourth-order valence-electron chi connectivity index (χ4n) is 0.879. The van der Waals surface area contributed by atoms with Crippen LogP contribution in [0.5, 0.6) is 0 Å². The number of nitrogens with zero attached hydrogens (tertiary/aromatic N) is 1. The summed E-state index contributed by atoms with van der Waals surface area (Å²) in [4.78, 5) is 4.19. The first-order valence-electron chi connectivity index (χ1n) is 4.29. The Bertz CT molecular complexity index is 409. The molecule has 0 atom stereocenters. The summed E-state index contributed by atoms with van der Waals surface area (Å²) in [6.45, 7) is 4.00. The Labute approximate surface area is 120 Å². The number of terminal acetylenes is 1. The Hall–Kier alpha value is -0.226. The molecule has 15 heavy (non-hydrogen) atoms. The Balaban J connectivity index is 0.000000443. The fourth-order valence-corrected chi connectivity index (χ4v) is 1.64. The summed E-state index contributed by atoms with van der Waals surface area (Å²) in [6, 6.07) is 8.62. The summed E-state index contributed by atoms with van der Waals surface area (Å²) in [5, 5.41) is 0.736. The van der Waals surface area contributed by atoms with E-state index >= 15 is 0 Å². The van der Waals surface area contributed by atoms with Gasteiger partial charge in [0.1, 0.15) is 0 Å². The molecule has 1 heterocycles. The largest absolute Gasteiger partial charge is 0.335 e. The standard InChI is InChI=1S/C9H4NS.C3H7.Y/c1-2-9-10-7-5-3-4-6-8(7)11-9;1-3-2;/h1,3,5-6H;3H,1-2H3;/q2*-1;. The van der Waals surface area contributed by atoms with E-state index in [2.05, 4.69) is 17.0 Å². The van der Waals surface area contributed by atoms with Gasteiger partial charge in [-0.15, -0.1) is 12.5 Å². The molecule has 2 rings (SSSR count). The molecule has 0 saturated carbocycles. The van der Waals surface area contributed by atoms with Crippen molar-refractivity contribution in [3.05, 3.63) is 35.7 Å². The van der Waals surface area contributed by atoms with Crippen molar-refractivity contribution >= 4 is 21.6 Å². The van der Waals surface area contributed by atoms with Gasteiger partial charge in [0.15, 0.2) is 5.01 Å². The molecule has 2 aromatic rings.